The van der Waals surface area contributed by atoms with Crippen LogP contribution in [0.4, 0.5) is 32.0 Å². The zero-order valence-corrected chi connectivity index (χ0v) is 15.5. The fourth-order valence-corrected chi connectivity index (χ4v) is 2.94. The number of carbonyl (C=O) groups excluding carboxylic acids is 2. The number of fused-ring (bicyclic) bond motifs is 1. The molecule has 1 aliphatic rings. The van der Waals surface area contributed by atoms with Crippen LogP contribution in [-0.4, -0.2) is 25.2 Å². The summed E-state index contributed by atoms with van der Waals surface area (Å²) >= 11 is 5.82. The fourth-order valence-electron chi connectivity index (χ4n) is 2.77. The predicted octanol–water partition coefficient (Wildman–Crippen LogP) is 4.92. The van der Waals surface area contributed by atoms with Crippen molar-refractivity contribution in [2.45, 2.75) is 18.6 Å². The molecule has 1 atom stereocenters. The standard InChI is InChI=1S/C18H10ClF6NO4/c1-29-16(28)15-26(14(27)12-7-10(19)2-3-13(12)30-15)11-5-8(17(20,21)22)4-9(6-11)18(23,24)25/h2-7,15H,1H3. The molecule has 1 unspecified atom stereocenters. The fraction of sp³-hybridized carbons (Fsp3) is 0.222. The van der Waals surface area contributed by atoms with Gasteiger partial charge in [-0.05, 0) is 36.4 Å². The van der Waals surface area contributed by atoms with Gasteiger partial charge in [0.25, 0.3) is 12.1 Å². The summed E-state index contributed by atoms with van der Waals surface area (Å²) in [5, 5.41) is 0.0576. The molecule has 0 spiro atoms. The Morgan fingerprint density at radius 2 is 1.60 bits per heavy atom. The summed E-state index contributed by atoms with van der Waals surface area (Å²) in [7, 11) is 0.916. The summed E-state index contributed by atoms with van der Waals surface area (Å²) in [6.45, 7) is 0. The van der Waals surface area contributed by atoms with E-state index in [1.165, 1.54) is 12.1 Å². The molecule has 0 bridgehead atoms. The second-order valence-corrected chi connectivity index (χ2v) is 6.51. The Labute approximate surface area is 169 Å². The zero-order chi connectivity index (χ0) is 22.4. The highest BCUT2D eigenvalue weighted by Crippen LogP contribution is 2.41. The summed E-state index contributed by atoms with van der Waals surface area (Å²) in [6, 6.07) is 4.18. The molecule has 2 aromatic rings. The topological polar surface area (TPSA) is 55.8 Å². The lowest BCUT2D eigenvalue weighted by molar-refractivity contribution is -0.148. The minimum absolute atomic E-state index is 0.0576. The van der Waals surface area contributed by atoms with Crippen LogP contribution in [0.15, 0.2) is 36.4 Å². The van der Waals surface area contributed by atoms with Crippen LogP contribution in [0.3, 0.4) is 0 Å². The Morgan fingerprint density at radius 1 is 1.03 bits per heavy atom. The van der Waals surface area contributed by atoms with Gasteiger partial charge in [0.2, 0.25) is 0 Å². The van der Waals surface area contributed by atoms with Crippen molar-refractivity contribution in [3.8, 4) is 5.75 Å². The molecule has 0 radical (unpaired) electrons. The average molecular weight is 454 g/mol. The van der Waals surface area contributed by atoms with E-state index in [0.717, 1.165) is 13.2 Å². The molecule has 2 aromatic carbocycles. The van der Waals surface area contributed by atoms with Gasteiger partial charge in [-0.3, -0.25) is 9.69 Å². The summed E-state index contributed by atoms with van der Waals surface area (Å²) in [5.41, 5.74) is -4.45. The molecule has 0 aromatic heterocycles. The van der Waals surface area contributed by atoms with Crippen LogP contribution in [0, 0.1) is 0 Å². The molecule has 3 rings (SSSR count). The van der Waals surface area contributed by atoms with E-state index in [9.17, 15) is 35.9 Å². The van der Waals surface area contributed by atoms with Crippen LogP contribution in [-0.2, 0) is 21.9 Å². The van der Waals surface area contributed by atoms with E-state index in [-0.39, 0.29) is 22.4 Å². The third kappa shape index (κ3) is 4.02. The lowest BCUT2D eigenvalue weighted by Crippen LogP contribution is -2.52. The molecule has 0 N–H and O–H groups in total. The van der Waals surface area contributed by atoms with Gasteiger partial charge in [0.1, 0.15) is 5.75 Å². The van der Waals surface area contributed by atoms with Gasteiger partial charge in [-0.25, -0.2) is 4.79 Å². The first-order valence-corrected chi connectivity index (χ1v) is 8.38. The van der Waals surface area contributed by atoms with Crippen molar-refractivity contribution in [2.24, 2.45) is 0 Å². The van der Waals surface area contributed by atoms with Gasteiger partial charge in [-0.15, -0.1) is 0 Å². The quantitative estimate of drug-likeness (QED) is 0.479. The van der Waals surface area contributed by atoms with Crippen LogP contribution in [0.1, 0.15) is 21.5 Å². The Bertz CT molecular complexity index is 988. The van der Waals surface area contributed by atoms with Crippen LogP contribution in [0.2, 0.25) is 5.02 Å². The number of amides is 1. The number of hydrogen-bond acceptors (Lipinski definition) is 4. The van der Waals surface area contributed by atoms with Crippen molar-refractivity contribution in [3.63, 3.8) is 0 Å². The predicted molar refractivity (Wildman–Crippen MR) is 91.1 cm³/mol. The Balaban J connectivity index is 2.24. The van der Waals surface area contributed by atoms with Gasteiger partial charge < -0.3 is 9.47 Å². The first kappa shape index (κ1) is 21.8. The highest BCUT2D eigenvalue weighted by Gasteiger charge is 2.43. The molecular formula is C18H10ClF6NO4. The van der Waals surface area contributed by atoms with E-state index in [1.807, 2.05) is 0 Å². The first-order valence-electron chi connectivity index (χ1n) is 8.00. The molecule has 160 valence electrons. The van der Waals surface area contributed by atoms with Crippen LogP contribution >= 0.6 is 11.6 Å². The minimum Gasteiger partial charge on any atom is -0.465 e. The van der Waals surface area contributed by atoms with Crippen LogP contribution in [0.25, 0.3) is 0 Å². The molecule has 0 fully saturated rings. The van der Waals surface area contributed by atoms with Gasteiger partial charge in [0.05, 0.1) is 23.8 Å². The number of halogens is 7. The molecule has 12 heteroatoms. The number of benzene rings is 2. The third-order valence-electron chi connectivity index (χ3n) is 4.12. The third-order valence-corrected chi connectivity index (χ3v) is 4.35. The normalized spacial score (nSPS) is 16.7. The second kappa shape index (κ2) is 7.38. The van der Waals surface area contributed by atoms with Crippen molar-refractivity contribution in [1.82, 2.24) is 0 Å². The maximum absolute atomic E-state index is 13.2. The number of hydrogen-bond donors (Lipinski definition) is 0. The number of esters is 1. The number of carbonyl (C=O) groups is 2. The van der Waals surface area contributed by atoms with Gasteiger partial charge in [-0.2, -0.15) is 26.3 Å². The van der Waals surface area contributed by atoms with Gasteiger partial charge in [0.15, 0.2) is 0 Å². The molecule has 1 heterocycles. The molecule has 0 saturated carbocycles. The van der Waals surface area contributed by atoms with E-state index >= 15 is 0 Å². The molecule has 1 aliphatic heterocycles. The minimum atomic E-state index is -5.16. The monoisotopic (exact) mass is 453 g/mol. The first-order chi connectivity index (χ1) is 13.8. The van der Waals surface area contributed by atoms with Crippen molar-refractivity contribution >= 4 is 29.2 Å². The largest absolute Gasteiger partial charge is 0.465 e. The van der Waals surface area contributed by atoms with Crippen molar-refractivity contribution in [2.75, 3.05) is 12.0 Å². The molecular weight excluding hydrogens is 444 g/mol. The SMILES string of the molecule is COC(=O)C1Oc2ccc(Cl)cc2C(=O)N1c1cc(C(F)(F)F)cc(C(F)(F)F)c1. The molecule has 1 amide bonds. The summed E-state index contributed by atoms with van der Waals surface area (Å²) in [4.78, 5) is 25.4. The van der Waals surface area contributed by atoms with Crippen molar-refractivity contribution < 1.29 is 45.4 Å². The van der Waals surface area contributed by atoms with E-state index in [4.69, 9.17) is 16.3 Å². The van der Waals surface area contributed by atoms with Crippen LogP contribution in [0.5, 0.6) is 5.75 Å². The summed E-state index contributed by atoms with van der Waals surface area (Å²) < 4.78 is 89.1. The van der Waals surface area contributed by atoms with E-state index in [2.05, 4.69) is 4.74 Å². The number of nitrogens with zero attached hydrogens (tertiary/aromatic N) is 1. The molecule has 0 aliphatic carbocycles. The summed E-state index contributed by atoms with van der Waals surface area (Å²) in [6.07, 6.45) is -12.3. The highest BCUT2D eigenvalue weighted by atomic mass is 35.5. The Kier molecular flexibility index (Phi) is 5.35. The number of alkyl halides is 6. The van der Waals surface area contributed by atoms with Gasteiger partial charge in [0, 0.05) is 10.7 Å². The zero-order valence-electron chi connectivity index (χ0n) is 14.8. The lowest BCUT2D eigenvalue weighted by Gasteiger charge is -2.35. The Hall–Kier alpha value is -2.95. The second-order valence-electron chi connectivity index (χ2n) is 6.07. The van der Waals surface area contributed by atoms with Gasteiger partial charge >= 0.3 is 18.3 Å². The number of methoxy groups -OCH3 is 1. The number of rotatable bonds is 2. The van der Waals surface area contributed by atoms with Crippen LogP contribution < -0.4 is 9.64 Å². The number of ether oxygens (including phenoxy) is 2. The maximum atomic E-state index is 13.2. The van der Waals surface area contributed by atoms with Crippen molar-refractivity contribution in [1.29, 1.82) is 0 Å². The molecule has 30 heavy (non-hydrogen) atoms. The smallest absolute Gasteiger partial charge is 0.416 e. The number of anilines is 1. The van der Waals surface area contributed by atoms with E-state index in [0.29, 0.717) is 17.0 Å². The van der Waals surface area contributed by atoms with E-state index in [1.54, 1.807) is 0 Å². The van der Waals surface area contributed by atoms with Gasteiger partial charge in [-0.1, -0.05) is 11.6 Å². The summed E-state index contributed by atoms with van der Waals surface area (Å²) in [5.74, 6) is -2.45. The lowest BCUT2D eigenvalue weighted by atomic mass is 10.0. The maximum Gasteiger partial charge on any atom is 0.416 e. The van der Waals surface area contributed by atoms with Crippen molar-refractivity contribution in [3.05, 3.63) is 58.1 Å². The average Bonchev–Trinajstić information content (AvgIpc) is 2.66. The Morgan fingerprint density at radius 3 is 2.10 bits per heavy atom. The highest BCUT2D eigenvalue weighted by molar-refractivity contribution is 6.31. The molecule has 0 saturated heterocycles. The van der Waals surface area contributed by atoms with E-state index < -0.39 is 47.3 Å². The molecule has 5 nitrogen and oxygen atoms in total.